The van der Waals surface area contributed by atoms with Gasteiger partial charge in [-0.3, -0.25) is 14.8 Å². The lowest BCUT2D eigenvalue weighted by molar-refractivity contribution is 0.101. The van der Waals surface area contributed by atoms with Gasteiger partial charge < -0.3 is 9.15 Å². The molecule has 0 aliphatic rings. The first-order valence-corrected chi connectivity index (χ1v) is 7.42. The fraction of sp³-hybridized carbons (Fsp3) is 0.250. The van der Waals surface area contributed by atoms with Gasteiger partial charge in [-0.1, -0.05) is 17.2 Å². The third-order valence-corrected chi connectivity index (χ3v) is 3.35. The summed E-state index contributed by atoms with van der Waals surface area (Å²) in [4.78, 5) is 12.2. The maximum Gasteiger partial charge on any atom is 0.322 e. The Morgan fingerprint density at radius 3 is 2.75 bits per heavy atom. The SMILES string of the molecule is COc1ccccc1-c1nnc(NC(=O)c2ccn(C(C)C)n2)o1. The molecule has 3 rings (SSSR count). The summed E-state index contributed by atoms with van der Waals surface area (Å²) in [7, 11) is 1.56. The summed E-state index contributed by atoms with van der Waals surface area (Å²) in [5.41, 5.74) is 0.929. The molecule has 1 aromatic carbocycles. The highest BCUT2D eigenvalue weighted by Gasteiger charge is 2.17. The van der Waals surface area contributed by atoms with Crippen LogP contribution >= 0.6 is 0 Å². The molecule has 0 radical (unpaired) electrons. The molecule has 0 saturated heterocycles. The molecule has 8 nitrogen and oxygen atoms in total. The van der Waals surface area contributed by atoms with Crippen LogP contribution in [-0.4, -0.2) is 33.0 Å². The molecule has 2 aromatic heterocycles. The second kappa shape index (κ2) is 6.53. The number of para-hydroxylation sites is 1. The molecule has 1 amide bonds. The van der Waals surface area contributed by atoms with Gasteiger partial charge in [0.25, 0.3) is 11.8 Å². The summed E-state index contributed by atoms with van der Waals surface area (Å²) in [6.07, 6.45) is 1.74. The predicted octanol–water partition coefficient (Wildman–Crippen LogP) is 2.77. The standard InChI is InChI=1S/C16H17N5O3/c1-10(2)21-9-8-12(20-21)14(22)17-16-19-18-15(24-16)11-6-4-5-7-13(11)23-3/h4-10H,1-3H3,(H,17,19,22). The van der Waals surface area contributed by atoms with E-state index in [0.717, 1.165) is 0 Å². The van der Waals surface area contributed by atoms with Crippen molar-refractivity contribution in [2.24, 2.45) is 0 Å². The molecule has 8 heteroatoms. The van der Waals surface area contributed by atoms with Gasteiger partial charge in [-0.2, -0.15) is 5.10 Å². The highest BCUT2D eigenvalue weighted by Crippen LogP contribution is 2.29. The van der Waals surface area contributed by atoms with E-state index in [1.54, 1.807) is 36.2 Å². The number of hydrogen-bond donors (Lipinski definition) is 1. The molecule has 0 aliphatic carbocycles. The van der Waals surface area contributed by atoms with Gasteiger partial charge in [0, 0.05) is 12.2 Å². The smallest absolute Gasteiger partial charge is 0.322 e. The number of methoxy groups -OCH3 is 1. The normalized spacial score (nSPS) is 10.8. The summed E-state index contributed by atoms with van der Waals surface area (Å²) < 4.78 is 12.4. The molecule has 0 aliphatic heterocycles. The van der Waals surface area contributed by atoms with Crippen molar-refractivity contribution in [3.8, 4) is 17.2 Å². The molecular weight excluding hydrogens is 310 g/mol. The number of hydrogen-bond acceptors (Lipinski definition) is 6. The third kappa shape index (κ3) is 3.12. The van der Waals surface area contributed by atoms with E-state index in [1.165, 1.54) is 0 Å². The van der Waals surface area contributed by atoms with Crippen molar-refractivity contribution in [2.75, 3.05) is 12.4 Å². The molecule has 0 fully saturated rings. The molecule has 0 saturated carbocycles. The highest BCUT2D eigenvalue weighted by atomic mass is 16.5. The lowest BCUT2D eigenvalue weighted by Gasteiger charge is -2.03. The Labute approximate surface area is 138 Å². The van der Waals surface area contributed by atoms with E-state index in [2.05, 4.69) is 20.6 Å². The van der Waals surface area contributed by atoms with Gasteiger partial charge in [0.15, 0.2) is 5.69 Å². The fourth-order valence-corrected chi connectivity index (χ4v) is 2.11. The Morgan fingerprint density at radius 2 is 2.04 bits per heavy atom. The average Bonchev–Trinajstić information content (AvgIpc) is 3.24. The maximum atomic E-state index is 12.2. The van der Waals surface area contributed by atoms with Crippen molar-refractivity contribution in [1.29, 1.82) is 0 Å². The zero-order chi connectivity index (χ0) is 17.1. The predicted molar refractivity (Wildman–Crippen MR) is 86.9 cm³/mol. The van der Waals surface area contributed by atoms with Gasteiger partial charge in [0.2, 0.25) is 0 Å². The van der Waals surface area contributed by atoms with Crippen LogP contribution in [0, 0.1) is 0 Å². The number of nitrogens with zero attached hydrogens (tertiary/aromatic N) is 4. The molecule has 0 atom stereocenters. The first-order chi connectivity index (χ1) is 11.6. The second-order valence-corrected chi connectivity index (χ2v) is 5.34. The minimum Gasteiger partial charge on any atom is -0.496 e. The Hall–Kier alpha value is -3.16. The summed E-state index contributed by atoms with van der Waals surface area (Å²) in [5.74, 6) is 0.454. The Bertz CT molecular complexity index is 853. The van der Waals surface area contributed by atoms with Crippen LogP contribution < -0.4 is 10.1 Å². The van der Waals surface area contributed by atoms with Crippen molar-refractivity contribution in [3.05, 3.63) is 42.2 Å². The first-order valence-electron chi connectivity index (χ1n) is 7.42. The van der Waals surface area contributed by atoms with E-state index in [-0.39, 0.29) is 23.6 Å². The number of benzene rings is 1. The van der Waals surface area contributed by atoms with Gasteiger partial charge in [-0.25, -0.2) is 0 Å². The van der Waals surface area contributed by atoms with Crippen LogP contribution in [0.15, 0.2) is 40.9 Å². The molecule has 124 valence electrons. The van der Waals surface area contributed by atoms with Crippen LogP contribution in [0.2, 0.25) is 0 Å². The topological polar surface area (TPSA) is 95.1 Å². The number of anilines is 1. The fourth-order valence-electron chi connectivity index (χ4n) is 2.11. The number of amides is 1. The number of ether oxygens (including phenoxy) is 1. The second-order valence-electron chi connectivity index (χ2n) is 5.34. The van der Waals surface area contributed by atoms with E-state index in [0.29, 0.717) is 11.3 Å². The molecule has 1 N–H and O–H groups in total. The molecular formula is C16H17N5O3. The van der Waals surface area contributed by atoms with Gasteiger partial charge in [-0.05, 0) is 32.0 Å². The van der Waals surface area contributed by atoms with E-state index >= 15 is 0 Å². The lowest BCUT2D eigenvalue weighted by atomic mass is 10.2. The van der Waals surface area contributed by atoms with Gasteiger partial charge in [0.1, 0.15) is 5.75 Å². The molecule has 0 spiro atoms. The molecule has 24 heavy (non-hydrogen) atoms. The largest absolute Gasteiger partial charge is 0.496 e. The maximum absolute atomic E-state index is 12.2. The summed E-state index contributed by atoms with van der Waals surface area (Å²) >= 11 is 0. The van der Waals surface area contributed by atoms with Crippen LogP contribution in [0.3, 0.4) is 0 Å². The summed E-state index contributed by atoms with van der Waals surface area (Å²) in [6, 6.07) is 9.06. The van der Waals surface area contributed by atoms with Crippen molar-refractivity contribution in [2.45, 2.75) is 19.9 Å². The van der Waals surface area contributed by atoms with E-state index in [9.17, 15) is 4.79 Å². The minimum absolute atomic E-state index is 0.00000283. The number of aromatic nitrogens is 4. The minimum atomic E-state index is -0.412. The quantitative estimate of drug-likeness (QED) is 0.774. The van der Waals surface area contributed by atoms with Crippen molar-refractivity contribution < 1.29 is 13.9 Å². The summed E-state index contributed by atoms with van der Waals surface area (Å²) in [5, 5.41) is 14.5. The average molecular weight is 327 g/mol. The van der Waals surface area contributed by atoms with Crippen LogP contribution in [0.5, 0.6) is 5.75 Å². The number of rotatable bonds is 5. The number of nitrogens with one attached hydrogen (secondary N) is 1. The van der Waals surface area contributed by atoms with Crippen LogP contribution in [0.4, 0.5) is 6.01 Å². The van der Waals surface area contributed by atoms with Gasteiger partial charge >= 0.3 is 6.01 Å². The zero-order valence-corrected chi connectivity index (χ0v) is 13.6. The zero-order valence-electron chi connectivity index (χ0n) is 13.6. The van der Waals surface area contributed by atoms with Gasteiger partial charge in [-0.15, -0.1) is 5.10 Å². The molecule has 2 heterocycles. The number of carbonyl (C=O) groups excluding carboxylic acids is 1. The highest BCUT2D eigenvalue weighted by molar-refractivity contribution is 6.01. The van der Waals surface area contributed by atoms with E-state index < -0.39 is 5.91 Å². The van der Waals surface area contributed by atoms with Crippen molar-refractivity contribution >= 4 is 11.9 Å². The molecule has 3 aromatic rings. The number of carbonyl (C=O) groups is 1. The van der Waals surface area contributed by atoms with Crippen molar-refractivity contribution in [1.82, 2.24) is 20.0 Å². The van der Waals surface area contributed by atoms with Crippen LogP contribution in [0.1, 0.15) is 30.4 Å². The van der Waals surface area contributed by atoms with Crippen LogP contribution in [-0.2, 0) is 0 Å². The van der Waals surface area contributed by atoms with Crippen molar-refractivity contribution in [3.63, 3.8) is 0 Å². The van der Waals surface area contributed by atoms with Crippen LogP contribution in [0.25, 0.3) is 11.5 Å². The van der Waals surface area contributed by atoms with E-state index in [1.807, 2.05) is 26.0 Å². The Balaban J connectivity index is 1.77. The monoisotopic (exact) mass is 327 g/mol. The molecule has 0 unspecified atom stereocenters. The Kier molecular flexibility index (Phi) is 4.28. The first kappa shape index (κ1) is 15.7. The third-order valence-electron chi connectivity index (χ3n) is 3.35. The molecule has 0 bridgehead atoms. The van der Waals surface area contributed by atoms with Gasteiger partial charge in [0.05, 0.1) is 12.7 Å². The Morgan fingerprint density at radius 1 is 1.25 bits per heavy atom. The summed E-state index contributed by atoms with van der Waals surface area (Å²) in [6.45, 7) is 3.96. The lowest BCUT2D eigenvalue weighted by Crippen LogP contribution is -2.14. The van der Waals surface area contributed by atoms with E-state index in [4.69, 9.17) is 9.15 Å².